The van der Waals surface area contributed by atoms with Crippen molar-refractivity contribution in [1.29, 1.82) is 0 Å². The molecule has 360 valence electrons. The Kier molecular flexibility index (Phi) is 11.0. The molecule has 21 atom stereocenters. The van der Waals surface area contributed by atoms with Gasteiger partial charge >= 0.3 is 0 Å². The van der Waals surface area contributed by atoms with Gasteiger partial charge in [-0.25, -0.2) is 0 Å². The van der Waals surface area contributed by atoms with Gasteiger partial charge in [0.05, 0.1) is 18.5 Å². The maximum atomic E-state index is 4.77. The van der Waals surface area contributed by atoms with Crippen molar-refractivity contribution in [1.82, 2.24) is 26.2 Å². The summed E-state index contributed by atoms with van der Waals surface area (Å²) < 4.78 is 0. The van der Waals surface area contributed by atoms with E-state index in [9.17, 15) is 0 Å². The van der Waals surface area contributed by atoms with E-state index in [1.54, 1.807) is 0 Å². The van der Waals surface area contributed by atoms with Crippen LogP contribution in [0.25, 0.3) is 11.1 Å². The van der Waals surface area contributed by atoms with Crippen molar-refractivity contribution in [3.63, 3.8) is 0 Å². The third-order valence-electron chi connectivity index (χ3n) is 23.7. The van der Waals surface area contributed by atoms with E-state index in [2.05, 4.69) is 115 Å². The fourth-order valence-corrected chi connectivity index (χ4v) is 21.3. The SMILES string of the molecule is CC1C=CC2(C)C3=C1C(C)C1C4CCCCC4C4CC(CCC4C1C3C)C1NC3CCCCC3C3C4CCCCC4N(C4CCC(CC4)C4NC(c5ccc(-c6ccccc6)cc5)NC2N4)C13. The first-order valence-electron chi connectivity index (χ1n) is 29.2. The summed E-state index contributed by atoms with van der Waals surface area (Å²) in [5.41, 5.74) is 7.59. The number of hydrogen-bond donors (Lipinski definition) is 4. The lowest BCUT2D eigenvalue weighted by Crippen LogP contribution is -2.71. The molecular weight excluding hydrogens is 815 g/mol. The number of nitrogens with one attached hydrogen (secondary N) is 4. The van der Waals surface area contributed by atoms with Crippen LogP contribution in [0.3, 0.4) is 0 Å². The predicted molar refractivity (Wildman–Crippen MR) is 273 cm³/mol. The van der Waals surface area contributed by atoms with Crippen LogP contribution in [-0.2, 0) is 0 Å². The molecule has 5 nitrogen and oxygen atoms in total. The molecule has 67 heavy (non-hydrogen) atoms. The Labute approximate surface area is 405 Å². The first-order valence-corrected chi connectivity index (χ1v) is 29.2. The maximum absolute atomic E-state index is 4.77. The second-order valence-electron chi connectivity index (χ2n) is 26.2. The Balaban J connectivity index is 0.897. The minimum absolute atomic E-state index is 0.0965. The van der Waals surface area contributed by atoms with Crippen molar-refractivity contribution < 1.29 is 0 Å². The van der Waals surface area contributed by atoms with Crippen molar-refractivity contribution in [2.24, 2.45) is 88.3 Å². The standard InChI is InChI=1S/C62H87N5/c1-35-32-33-62(4)56-37(3)54-46-31-28-42(34-49(46)44-16-8-9-17-45(44)53(54)36(2)52(35)56)57-58-55(47-18-10-12-20-50(47)63-57)48-19-11-13-21-51(48)67(58)43-29-26-41(27-30-43)60-64-59(65-61(62)66-60)40-24-22-39(23-25-40)38-14-6-5-7-15-38/h5-7,14-15,22-25,32-33,35-37,41-51,53-55,57-61,63-66H,8-13,16-21,26-31,34H2,1-4H3. The summed E-state index contributed by atoms with van der Waals surface area (Å²) in [5.74, 6) is 11.4. The van der Waals surface area contributed by atoms with E-state index in [0.717, 1.165) is 83.3 Å². The Bertz CT molecular complexity index is 2190. The molecule has 0 radical (unpaired) electrons. The van der Waals surface area contributed by atoms with E-state index in [1.807, 2.05) is 11.1 Å². The number of piperidine rings is 1. The van der Waals surface area contributed by atoms with E-state index >= 15 is 0 Å². The molecule has 2 aromatic rings. The zero-order valence-electron chi connectivity index (χ0n) is 41.9. The van der Waals surface area contributed by atoms with Crippen LogP contribution in [0.2, 0.25) is 0 Å². The van der Waals surface area contributed by atoms with E-state index in [0.29, 0.717) is 29.7 Å². The molecule has 8 aliphatic carbocycles. The van der Waals surface area contributed by atoms with Crippen molar-refractivity contribution in [2.45, 2.75) is 198 Å². The number of hydrogen-bond acceptors (Lipinski definition) is 5. The van der Waals surface area contributed by atoms with Crippen LogP contribution in [0.5, 0.6) is 0 Å². The highest BCUT2D eigenvalue weighted by Crippen LogP contribution is 2.67. The largest absolute Gasteiger partial charge is 0.309 e. The van der Waals surface area contributed by atoms with E-state index < -0.39 is 0 Å². The predicted octanol–water partition coefficient (Wildman–Crippen LogP) is 12.6. The molecule has 15 aliphatic rings. The van der Waals surface area contributed by atoms with Gasteiger partial charge in [-0.2, -0.15) is 0 Å². The van der Waals surface area contributed by atoms with Gasteiger partial charge in [0.2, 0.25) is 0 Å². The van der Waals surface area contributed by atoms with Crippen LogP contribution in [0.15, 0.2) is 77.9 Å². The van der Waals surface area contributed by atoms with Crippen molar-refractivity contribution in [3.8, 4) is 11.1 Å². The van der Waals surface area contributed by atoms with E-state index in [1.165, 1.54) is 139 Å². The molecule has 6 saturated carbocycles. The molecule has 7 aliphatic heterocycles. The number of fused-ring (bicyclic) bond motifs is 6. The molecule has 7 saturated heterocycles. The molecule has 7 heterocycles. The summed E-state index contributed by atoms with van der Waals surface area (Å²) in [6.07, 6.45) is 33.7. The fraction of sp³-hybridized carbons (Fsp3) is 0.742. The van der Waals surface area contributed by atoms with Gasteiger partial charge < -0.3 is 5.32 Å². The molecular formula is C62H87N5. The number of nitrogens with zero attached hydrogens (tertiary/aromatic N) is 1. The molecule has 4 N–H and O–H groups in total. The van der Waals surface area contributed by atoms with Gasteiger partial charge in [0.15, 0.2) is 0 Å². The van der Waals surface area contributed by atoms with Gasteiger partial charge in [-0.05, 0) is 190 Å². The van der Waals surface area contributed by atoms with Gasteiger partial charge in [0, 0.05) is 35.6 Å². The number of rotatable bonds is 2. The molecule has 21 unspecified atom stereocenters. The smallest absolute Gasteiger partial charge is 0.0859 e. The average Bonchev–Trinajstić information content (AvgIpc) is 3.73. The van der Waals surface area contributed by atoms with Gasteiger partial charge in [0.1, 0.15) is 0 Å². The molecule has 0 aromatic heterocycles. The van der Waals surface area contributed by atoms with Gasteiger partial charge in [-0.3, -0.25) is 20.9 Å². The first-order chi connectivity index (χ1) is 32.8. The lowest BCUT2D eigenvalue weighted by Gasteiger charge is -2.65. The van der Waals surface area contributed by atoms with Crippen LogP contribution >= 0.6 is 0 Å². The second-order valence-corrected chi connectivity index (χ2v) is 26.2. The third-order valence-corrected chi connectivity index (χ3v) is 23.7. The average molecular weight is 902 g/mol. The van der Waals surface area contributed by atoms with Gasteiger partial charge in [0.25, 0.3) is 0 Å². The minimum Gasteiger partial charge on any atom is -0.309 e. The molecule has 17 rings (SSSR count). The van der Waals surface area contributed by atoms with Crippen LogP contribution in [0.1, 0.15) is 161 Å². The first kappa shape index (κ1) is 43.5. The van der Waals surface area contributed by atoms with Crippen molar-refractivity contribution in [3.05, 3.63) is 83.5 Å². The Hall–Kier alpha value is -2.28. The summed E-state index contributed by atoms with van der Waals surface area (Å²) in [5, 5.41) is 18.0. The van der Waals surface area contributed by atoms with Crippen LogP contribution in [0, 0.1) is 88.3 Å². The molecule has 0 spiro atoms. The quantitative estimate of drug-likeness (QED) is 0.226. The highest BCUT2D eigenvalue weighted by molar-refractivity contribution is 5.63. The van der Waals surface area contributed by atoms with Gasteiger partial charge in [-0.1, -0.05) is 137 Å². The molecule has 9 bridgehead atoms. The zero-order valence-corrected chi connectivity index (χ0v) is 41.9. The Morgan fingerprint density at radius 2 is 1.22 bits per heavy atom. The lowest BCUT2D eigenvalue weighted by molar-refractivity contribution is -0.117. The monoisotopic (exact) mass is 902 g/mol. The summed E-state index contributed by atoms with van der Waals surface area (Å²) in [7, 11) is 0. The summed E-state index contributed by atoms with van der Waals surface area (Å²) >= 11 is 0. The minimum atomic E-state index is -0.0991. The Morgan fingerprint density at radius 3 is 2.03 bits per heavy atom. The van der Waals surface area contributed by atoms with Crippen LogP contribution < -0.4 is 21.3 Å². The van der Waals surface area contributed by atoms with Crippen molar-refractivity contribution in [2.75, 3.05) is 0 Å². The van der Waals surface area contributed by atoms with E-state index in [-0.39, 0.29) is 23.9 Å². The molecule has 0 amide bonds. The number of allylic oxidation sites excluding steroid dienone is 2. The maximum Gasteiger partial charge on any atom is 0.0859 e. The summed E-state index contributed by atoms with van der Waals surface area (Å²) in [4.78, 5) is 3.41. The highest BCUT2D eigenvalue weighted by Gasteiger charge is 2.64. The highest BCUT2D eigenvalue weighted by atomic mass is 15.4. The Morgan fingerprint density at radius 1 is 0.552 bits per heavy atom. The number of benzene rings is 2. The summed E-state index contributed by atoms with van der Waals surface area (Å²) in [6.45, 7) is 10.8. The van der Waals surface area contributed by atoms with Crippen molar-refractivity contribution >= 4 is 0 Å². The lowest BCUT2D eigenvalue weighted by atomic mass is 9.41. The molecule has 13 fully saturated rings. The molecule has 5 heteroatoms. The zero-order chi connectivity index (χ0) is 44.7. The molecule has 2 aromatic carbocycles. The topological polar surface area (TPSA) is 51.4 Å². The second kappa shape index (κ2) is 16.9. The van der Waals surface area contributed by atoms with E-state index in [4.69, 9.17) is 5.32 Å². The third kappa shape index (κ3) is 6.74. The van der Waals surface area contributed by atoms with Crippen LogP contribution in [0.4, 0.5) is 0 Å². The van der Waals surface area contributed by atoms with Crippen LogP contribution in [-0.4, -0.2) is 47.4 Å². The fourth-order valence-electron chi connectivity index (χ4n) is 21.3. The normalized spacial score (nSPS) is 51.0. The summed E-state index contributed by atoms with van der Waals surface area (Å²) in [6, 6.07) is 24.4. The van der Waals surface area contributed by atoms with Gasteiger partial charge in [-0.15, -0.1) is 0 Å².